The number of benzene rings is 1. The van der Waals surface area contributed by atoms with Crippen LogP contribution in [0.4, 0.5) is 11.6 Å². The molecule has 0 fully saturated rings. The molecule has 23 heavy (non-hydrogen) atoms. The molecule has 6 heteroatoms. The van der Waals surface area contributed by atoms with Gasteiger partial charge in [0.05, 0.1) is 7.11 Å². The number of hydrogen-bond acceptors (Lipinski definition) is 5. The van der Waals surface area contributed by atoms with Crippen molar-refractivity contribution in [3.63, 3.8) is 0 Å². The Morgan fingerprint density at radius 3 is 2.83 bits per heavy atom. The molecule has 1 aromatic carbocycles. The van der Waals surface area contributed by atoms with Gasteiger partial charge in [-0.2, -0.15) is 0 Å². The van der Waals surface area contributed by atoms with E-state index in [2.05, 4.69) is 32.5 Å². The Morgan fingerprint density at radius 2 is 2.04 bits per heavy atom. The number of hydrogen-bond donors (Lipinski definition) is 2. The van der Waals surface area contributed by atoms with Crippen molar-refractivity contribution < 1.29 is 4.74 Å². The molecule has 0 aliphatic heterocycles. The van der Waals surface area contributed by atoms with Crippen LogP contribution in [0.15, 0.2) is 36.8 Å². The fraction of sp³-hybridized carbons (Fsp3) is 0.294. The molecule has 0 aliphatic carbocycles. The monoisotopic (exact) mass is 311 g/mol. The van der Waals surface area contributed by atoms with Crippen molar-refractivity contribution >= 4 is 22.5 Å². The van der Waals surface area contributed by atoms with Crippen LogP contribution in [0.1, 0.15) is 5.56 Å². The smallest absolute Gasteiger partial charge is 0.171 e. The predicted molar refractivity (Wildman–Crippen MR) is 93.4 cm³/mol. The zero-order valence-corrected chi connectivity index (χ0v) is 13.6. The van der Waals surface area contributed by atoms with Crippen LogP contribution in [0.25, 0.3) is 10.9 Å². The highest BCUT2D eigenvalue weighted by Crippen LogP contribution is 2.24. The highest BCUT2D eigenvalue weighted by atomic mass is 16.5. The maximum Gasteiger partial charge on any atom is 0.171 e. The van der Waals surface area contributed by atoms with Crippen molar-refractivity contribution in [1.82, 2.24) is 15.0 Å². The van der Waals surface area contributed by atoms with E-state index >= 15 is 0 Å². The van der Waals surface area contributed by atoms with Crippen LogP contribution in [0.3, 0.4) is 0 Å². The normalized spacial score (nSPS) is 10.7. The minimum Gasteiger partial charge on any atom is -0.497 e. The second-order valence-corrected chi connectivity index (χ2v) is 5.53. The van der Waals surface area contributed by atoms with Crippen LogP contribution in [0.2, 0.25) is 0 Å². The molecule has 0 saturated heterocycles. The van der Waals surface area contributed by atoms with E-state index < -0.39 is 0 Å². The predicted octanol–water partition coefficient (Wildman–Crippen LogP) is 2.69. The third-order valence-corrected chi connectivity index (χ3v) is 3.76. The molecule has 0 bridgehead atoms. The first kappa shape index (κ1) is 15.1. The van der Waals surface area contributed by atoms with Crippen LogP contribution < -0.4 is 15.0 Å². The van der Waals surface area contributed by atoms with Gasteiger partial charge in [-0.25, -0.2) is 9.97 Å². The lowest BCUT2D eigenvalue weighted by atomic mass is 10.1. The van der Waals surface area contributed by atoms with E-state index in [1.54, 1.807) is 19.5 Å². The summed E-state index contributed by atoms with van der Waals surface area (Å²) in [6, 6.07) is 6.07. The van der Waals surface area contributed by atoms with Gasteiger partial charge in [-0.15, -0.1) is 0 Å². The van der Waals surface area contributed by atoms with Gasteiger partial charge in [-0.05, 0) is 30.2 Å². The summed E-state index contributed by atoms with van der Waals surface area (Å²) in [6.45, 7) is 0.781. The molecule has 2 aromatic heterocycles. The fourth-order valence-corrected chi connectivity index (χ4v) is 2.59. The Hall–Kier alpha value is -2.76. The summed E-state index contributed by atoms with van der Waals surface area (Å²) in [4.78, 5) is 14.0. The maximum absolute atomic E-state index is 5.31. The van der Waals surface area contributed by atoms with Crippen LogP contribution >= 0.6 is 0 Å². The van der Waals surface area contributed by atoms with Crippen LogP contribution in [0.5, 0.6) is 5.75 Å². The van der Waals surface area contributed by atoms with Gasteiger partial charge in [0.15, 0.2) is 11.6 Å². The highest BCUT2D eigenvalue weighted by molar-refractivity contribution is 5.84. The molecule has 6 nitrogen and oxygen atoms in total. The molecule has 0 spiro atoms. The molecular formula is C17H21N5O. The number of H-pyrrole nitrogens is 1. The summed E-state index contributed by atoms with van der Waals surface area (Å²) in [5.74, 6) is 2.51. The molecule has 2 heterocycles. The summed E-state index contributed by atoms with van der Waals surface area (Å²) < 4.78 is 5.31. The molecule has 0 amide bonds. The summed E-state index contributed by atoms with van der Waals surface area (Å²) >= 11 is 0. The molecule has 0 aliphatic rings. The minimum absolute atomic E-state index is 0.781. The number of ether oxygens (including phenoxy) is 1. The van der Waals surface area contributed by atoms with Gasteiger partial charge in [-0.1, -0.05) is 0 Å². The fourth-order valence-electron chi connectivity index (χ4n) is 2.59. The molecule has 2 N–H and O–H groups in total. The van der Waals surface area contributed by atoms with Gasteiger partial charge in [-0.3, -0.25) is 0 Å². The van der Waals surface area contributed by atoms with Crippen molar-refractivity contribution in [2.45, 2.75) is 6.42 Å². The largest absolute Gasteiger partial charge is 0.497 e. The SMILES string of the molecule is COc1ccc2[nH]cc(CCNc3nccnc3N(C)C)c2c1. The first-order valence-electron chi connectivity index (χ1n) is 7.55. The van der Waals surface area contributed by atoms with E-state index in [-0.39, 0.29) is 0 Å². The number of anilines is 2. The van der Waals surface area contributed by atoms with Crippen molar-refractivity contribution in [3.05, 3.63) is 42.4 Å². The Labute approximate surface area is 135 Å². The second kappa shape index (κ2) is 6.56. The molecule has 3 rings (SSSR count). The third-order valence-electron chi connectivity index (χ3n) is 3.76. The summed E-state index contributed by atoms with van der Waals surface area (Å²) in [5.41, 5.74) is 2.37. The number of nitrogens with one attached hydrogen (secondary N) is 2. The van der Waals surface area contributed by atoms with Crippen LogP contribution in [0, 0.1) is 0 Å². The molecule has 0 saturated carbocycles. The number of nitrogens with zero attached hydrogens (tertiary/aromatic N) is 3. The zero-order valence-electron chi connectivity index (χ0n) is 13.6. The van der Waals surface area contributed by atoms with Crippen LogP contribution in [-0.2, 0) is 6.42 Å². The van der Waals surface area contributed by atoms with Gasteiger partial charge in [0.2, 0.25) is 0 Å². The van der Waals surface area contributed by atoms with E-state index in [0.717, 1.165) is 35.9 Å². The second-order valence-electron chi connectivity index (χ2n) is 5.53. The van der Waals surface area contributed by atoms with Gasteiger partial charge >= 0.3 is 0 Å². The number of aromatic amines is 1. The summed E-state index contributed by atoms with van der Waals surface area (Å²) in [5, 5.41) is 4.56. The standard InChI is InChI=1S/C17H21N5O/c1-22(2)17-16(19-8-9-20-17)18-7-6-12-11-21-15-5-4-13(23-3)10-14(12)15/h4-5,8-11,21H,6-7H2,1-3H3,(H,18,19). The van der Waals surface area contributed by atoms with Gasteiger partial charge in [0.25, 0.3) is 0 Å². The Balaban J connectivity index is 1.72. The van der Waals surface area contributed by atoms with E-state index in [0.29, 0.717) is 0 Å². The molecule has 120 valence electrons. The van der Waals surface area contributed by atoms with Gasteiger partial charge in [0, 0.05) is 50.1 Å². The number of rotatable bonds is 6. The number of methoxy groups -OCH3 is 1. The highest BCUT2D eigenvalue weighted by Gasteiger charge is 2.08. The quantitative estimate of drug-likeness (QED) is 0.732. The Bertz CT molecular complexity index is 797. The summed E-state index contributed by atoms with van der Waals surface area (Å²) in [6.07, 6.45) is 6.34. The first-order valence-corrected chi connectivity index (χ1v) is 7.55. The third kappa shape index (κ3) is 3.21. The zero-order chi connectivity index (χ0) is 16.2. The average molecular weight is 311 g/mol. The maximum atomic E-state index is 5.31. The topological polar surface area (TPSA) is 66.1 Å². The molecule has 0 radical (unpaired) electrons. The molecule has 0 unspecified atom stereocenters. The van der Waals surface area contributed by atoms with E-state index in [1.165, 1.54) is 10.9 Å². The van der Waals surface area contributed by atoms with Gasteiger partial charge < -0.3 is 19.9 Å². The number of aromatic nitrogens is 3. The van der Waals surface area contributed by atoms with Crippen molar-refractivity contribution in [2.75, 3.05) is 38.0 Å². The Morgan fingerprint density at radius 1 is 1.22 bits per heavy atom. The van der Waals surface area contributed by atoms with E-state index in [1.807, 2.05) is 31.1 Å². The lowest BCUT2D eigenvalue weighted by Crippen LogP contribution is -2.16. The van der Waals surface area contributed by atoms with E-state index in [4.69, 9.17) is 4.74 Å². The Kier molecular flexibility index (Phi) is 4.32. The van der Waals surface area contributed by atoms with Crippen molar-refractivity contribution in [3.8, 4) is 5.75 Å². The lowest BCUT2D eigenvalue weighted by molar-refractivity contribution is 0.415. The lowest BCUT2D eigenvalue weighted by Gasteiger charge is -2.15. The minimum atomic E-state index is 0.781. The molecular weight excluding hydrogens is 290 g/mol. The van der Waals surface area contributed by atoms with Crippen molar-refractivity contribution in [1.29, 1.82) is 0 Å². The molecule has 3 aromatic rings. The van der Waals surface area contributed by atoms with Gasteiger partial charge in [0.1, 0.15) is 5.75 Å². The number of fused-ring (bicyclic) bond motifs is 1. The average Bonchev–Trinajstić information content (AvgIpc) is 2.97. The molecule has 0 atom stereocenters. The summed E-state index contributed by atoms with van der Waals surface area (Å²) in [7, 11) is 5.61. The van der Waals surface area contributed by atoms with E-state index in [9.17, 15) is 0 Å². The van der Waals surface area contributed by atoms with Crippen molar-refractivity contribution in [2.24, 2.45) is 0 Å². The first-order chi connectivity index (χ1) is 11.2. The van der Waals surface area contributed by atoms with Crippen LogP contribution in [-0.4, -0.2) is 42.7 Å².